The van der Waals surface area contributed by atoms with Crippen molar-refractivity contribution in [3.8, 4) is 0 Å². The summed E-state index contributed by atoms with van der Waals surface area (Å²) in [6, 6.07) is 3.83. The van der Waals surface area contributed by atoms with Crippen LogP contribution in [-0.4, -0.2) is 24.1 Å². The van der Waals surface area contributed by atoms with Gasteiger partial charge in [-0.2, -0.15) is 5.10 Å². The van der Waals surface area contributed by atoms with Crippen molar-refractivity contribution in [1.82, 2.24) is 14.5 Å². The van der Waals surface area contributed by atoms with E-state index in [1.54, 1.807) is 23.1 Å². The van der Waals surface area contributed by atoms with Crippen molar-refractivity contribution >= 4 is 15.9 Å². The average Bonchev–Trinajstić information content (AvgIpc) is 2.94. The van der Waals surface area contributed by atoms with Crippen molar-refractivity contribution in [3.05, 3.63) is 48.3 Å². The summed E-state index contributed by atoms with van der Waals surface area (Å²) in [6.45, 7) is 0.464. The number of hydrogen-bond donors (Lipinski definition) is 1. The Morgan fingerprint density at radius 3 is 2.68 bits per heavy atom. The van der Waals surface area contributed by atoms with Crippen molar-refractivity contribution in [2.45, 2.75) is 24.3 Å². The molecular weight excluding hydrogens is 316 g/mol. The molecule has 6 nitrogen and oxygen atoms in total. The number of carbonyl (C=O) groups is 1. The number of hydrogen-bond acceptors (Lipinski definition) is 4. The lowest BCUT2D eigenvalue weighted by Crippen LogP contribution is -2.30. The zero-order valence-corrected chi connectivity index (χ0v) is 12.2. The highest BCUT2D eigenvalue weighted by Crippen LogP contribution is 2.13. The summed E-state index contributed by atoms with van der Waals surface area (Å²) in [5.74, 6) is -3.18. The predicted molar refractivity (Wildman–Crippen MR) is 73.1 cm³/mol. The highest BCUT2D eigenvalue weighted by molar-refractivity contribution is 7.90. The molecule has 0 fully saturated rings. The fourth-order valence-electron chi connectivity index (χ4n) is 1.74. The van der Waals surface area contributed by atoms with Crippen LogP contribution < -0.4 is 4.72 Å². The molecule has 0 atom stereocenters. The van der Waals surface area contributed by atoms with Crippen molar-refractivity contribution in [3.63, 3.8) is 0 Å². The Morgan fingerprint density at radius 2 is 2.05 bits per heavy atom. The molecule has 1 heterocycles. The maximum absolute atomic E-state index is 13.0. The molecule has 118 valence electrons. The van der Waals surface area contributed by atoms with E-state index in [2.05, 4.69) is 5.10 Å². The maximum Gasteiger partial charge on any atom is 0.264 e. The highest BCUT2D eigenvalue weighted by Gasteiger charge is 2.19. The number of nitrogens with zero attached hydrogens (tertiary/aromatic N) is 2. The molecule has 1 aromatic heterocycles. The first-order valence-corrected chi connectivity index (χ1v) is 7.85. The van der Waals surface area contributed by atoms with Crippen LogP contribution >= 0.6 is 0 Å². The third-order valence-corrected chi connectivity index (χ3v) is 4.17. The summed E-state index contributed by atoms with van der Waals surface area (Å²) in [7, 11) is -4.21. The molecule has 0 saturated heterocycles. The second kappa shape index (κ2) is 6.65. The molecule has 2 aromatic rings. The minimum atomic E-state index is -4.21. The van der Waals surface area contributed by atoms with Gasteiger partial charge >= 0.3 is 0 Å². The Kier molecular flexibility index (Phi) is 4.86. The monoisotopic (exact) mass is 329 g/mol. The number of aryl methyl sites for hydroxylation is 1. The number of benzene rings is 1. The smallest absolute Gasteiger partial charge is 0.264 e. The summed E-state index contributed by atoms with van der Waals surface area (Å²) < 4.78 is 53.0. The van der Waals surface area contributed by atoms with Gasteiger partial charge in [0.2, 0.25) is 5.91 Å². The van der Waals surface area contributed by atoms with E-state index in [-0.39, 0.29) is 6.42 Å². The Morgan fingerprint density at radius 1 is 1.27 bits per heavy atom. The van der Waals surface area contributed by atoms with Gasteiger partial charge in [0.15, 0.2) is 11.6 Å². The van der Waals surface area contributed by atoms with Crippen LogP contribution in [0.5, 0.6) is 0 Å². The van der Waals surface area contributed by atoms with Crippen LogP contribution in [0.2, 0.25) is 0 Å². The van der Waals surface area contributed by atoms with Gasteiger partial charge in [-0.25, -0.2) is 21.9 Å². The van der Waals surface area contributed by atoms with Gasteiger partial charge in [0.05, 0.1) is 4.90 Å². The molecule has 2 rings (SSSR count). The van der Waals surface area contributed by atoms with E-state index in [4.69, 9.17) is 0 Å². The lowest BCUT2D eigenvalue weighted by atomic mass is 10.3. The van der Waals surface area contributed by atoms with Crippen LogP contribution in [0.15, 0.2) is 41.6 Å². The molecule has 1 amide bonds. The minimum Gasteiger partial charge on any atom is -0.274 e. The molecular formula is C13H13F2N3O3S. The number of halogens is 2. The van der Waals surface area contributed by atoms with Crippen molar-refractivity contribution in [1.29, 1.82) is 0 Å². The molecule has 0 radical (unpaired) electrons. The van der Waals surface area contributed by atoms with Crippen molar-refractivity contribution < 1.29 is 22.0 Å². The topological polar surface area (TPSA) is 81.1 Å². The van der Waals surface area contributed by atoms with Gasteiger partial charge < -0.3 is 0 Å². The van der Waals surface area contributed by atoms with Gasteiger partial charge in [-0.05, 0) is 30.7 Å². The van der Waals surface area contributed by atoms with Crippen molar-refractivity contribution in [2.75, 3.05) is 0 Å². The van der Waals surface area contributed by atoms with E-state index in [1.807, 2.05) is 4.72 Å². The Hall–Kier alpha value is -2.29. The lowest BCUT2D eigenvalue weighted by molar-refractivity contribution is -0.119. The quantitative estimate of drug-likeness (QED) is 0.870. The first-order chi connectivity index (χ1) is 10.4. The van der Waals surface area contributed by atoms with E-state index in [9.17, 15) is 22.0 Å². The Labute approximate surface area is 125 Å². The van der Waals surface area contributed by atoms with Gasteiger partial charge in [0.25, 0.3) is 10.0 Å². The molecule has 0 bridgehead atoms. The largest absolute Gasteiger partial charge is 0.274 e. The number of aromatic nitrogens is 2. The molecule has 0 saturated carbocycles. The summed E-state index contributed by atoms with van der Waals surface area (Å²) in [5.41, 5.74) is 0. The average molecular weight is 329 g/mol. The van der Waals surface area contributed by atoms with Gasteiger partial charge in [-0.1, -0.05) is 0 Å². The standard InChI is InChI=1S/C13H13F2N3O3S/c14-11-5-4-10(9-12(11)15)22(20,21)17-13(19)3-1-7-18-8-2-6-16-18/h2,4-6,8-9H,1,3,7H2,(H,17,19). The molecule has 0 aliphatic carbocycles. The van der Waals surface area contributed by atoms with Gasteiger partial charge in [0.1, 0.15) is 0 Å². The zero-order chi connectivity index (χ0) is 16.2. The van der Waals surface area contributed by atoms with Crippen LogP contribution in [-0.2, 0) is 21.4 Å². The normalized spacial score (nSPS) is 11.4. The number of nitrogens with one attached hydrogen (secondary N) is 1. The number of rotatable bonds is 6. The summed E-state index contributed by atoms with van der Waals surface area (Å²) in [4.78, 5) is 11.1. The first kappa shape index (κ1) is 16.1. The Bertz CT molecular complexity index is 761. The summed E-state index contributed by atoms with van der Waals surface area (Å²) in [5, 5.41) is 3.94. The highest BCUT2D eigenvalue weighted by atomic mass is 32.2. The van der Waals surface area contributed by atoms with E-state index in [1.165, 1.54) is 0 Å². The Balaban J connectivity index is 1.93. The third kappa shape index (κ3) is 4.10. The summed E-state index contributed by atoms with van der Waals surface area (Å²) >= 11 is 0. The van der Waals surface area contributed by atoms with Crippen molar-refractivity contribution in [2.24, 2.45) is 0 Å². The molecule has 1 aromatic carbocycles. The van der Waals surface area contributed by atoms with Crippen LogP contribution in [0.4, 0.5) is 8.78 Å². The second-order valence-corrected chi connectivity index (χ2v) is 6.16. The van der Waals surface area contributed by atoms with Gasteiger partial charge in [-0.3, -0.25) is 9.48 Å². The molecule has 0 aliphatic heterocycles. The fraction of sp³-hybridized carbons (Fsp3) is 0.231. The van der Waals surface area contributed by atoms with Crippen LogP contribution in [0, 0.1) is 11.6 Å². The molecule has 0 unspecified atom stereocenters. The van der Waals surface area contributed by atoms with E-state index in [0.29, 0.717) is 25.1 Å². The van der Waals surface area contributed by atoms with E-state index in [0.717, 1.165) is 6.07 Å². The lowest BCUT2D eigenvalue weighted by Gasteiger charge is -2.07. The van der Waals surface area contributed by atoms with Gasteiger partial charge in [-0.15, -0.1) is 0 Å². The molecule has 1 N–H and O–H groups in total. The van der Waals surface area contributed by atoms with Gasteiger partial charge in [0, 0.05) is 25.4 Å². The predicted octanol–water partition coefficient (Wildman–Crippen LogP) is 1.45. The van der Waals surface area contributed by atoms with Crippen LogP contribution in [0.25, 0.3) is 0 Å². The van der Waals surface area contributed by atoms with Crippen LogP contribution in [0.3, 0.4) is 0 Å². The summed E-state index contributed by atoms with van der Waals surface area (Å²) in [6.07, 6.45) is 3.66. The molecule has 9 heteroatoms. The molecule has 0 spiro atoms. The minimum absolute atomic E-state index is 0.0389. The van der Waals surface area contributed by atoms with E-state index >= 15 is 0 Å². The third-order valence-electron chi connectivity index (χ3n) is 2.80. The molecule has 0 aliphatic rings. The first-order valence-electron chi connectivity index (χ1n) is 6.36. The number of sulfonamides is 1. The fourth-order valence-corrected chi connectivity index (χ4v) is 2.76. The molecule has 22 heavy (non-hydrogen) atoms. The van der Waals surface area contributed by atoms with E-state index < -0.39 is 32.5 Å². The number of carbonyl (C=O) groups excluding carboxylic acids is 1. The second-order valence-electron chi connectivity index (χ2n) is 4.48. The SMILES string of the molecule is O=C(CCCn1cccn1)NS(=O)(=O)c1ccc(F)c(F)c1. The zero-order valence-electron chi connectivity index (χ0n) is 11.4. The van der Waals surface area contributed by atoms with Crippen LogP contribution in [0.1, 0.15) is 12.8 Å². The maximum atomic E-state index is 13.0. The number of amides is 1.